The van der Waals surface area contributed by atoms with Crippen molar-refractivity contribution < 1.29 is 9.18 Å². The van der Waals surface area contributed by atoms with Crippen LogP contribution in [0.3, 0.4) is 0 Å². The number of likely N-dealkylation sites (N-methyl/N-ethyl adjacent to an activating group) is 1. The maximum Gasteiger partial charge on any atom is 0.251 e. The Morgan fingerprint density at radius 3 is 2.50 bits per heavy atom. The molecule has 5 heteroatoms. The van der Waals surface area contributed by atoms with Crippen LogP contribution in [-0.2, 0) is 0 Å². The van der Waals surface area contributed by atoms with E-state index in [1.54, 1.807) is 0 Å². The van der Waals surface area contributed by atoms with E-state index in [-0.39, 0.29) is 11.7 Å². The van der Waals surface area contributed by atoms with Crippen molar-refractivity contribution in [1.82, 2.24) is 15.1 Å². The topological polar surface area (TPSA) is 35.6 Å². The highest BCUT2D eigenvalue weighted by atomic mass is 19.1. The third-order valence-corrected chi connectivity index (χ3v) is 3.64. The molecule has 0 bridgehead atoms. The lowest BCUT2D eigenvalue weighted by atomic mass is 10.2. The fourth-order valence-corrected chi connectivity index (χ4v) is 2.28. The van der Waals surface area contributed by atoms with Gasteiger partial charge in [-0.2, -0.15) is 0 Å². The number of carbonyl (C=O) groups is 1. The average molecular weight is 279 g/mol. The molecule has 0 aromatic heterocycles. The standard InChI is InChI=1S/C15H22FN3O/c1-18-9-11-19(12-10-18)8-2-7-17-15(20)13-3-5-14(16)6-4-13/h3-6H,2,7-12H2,1H3,(H,17,20). The molecule has 0 aliphatic carbocycles. The predicted molar refractivity (Wildman–Crippen MR) is 77.3 cm³/mol. The highest BCUT2D eigenvalue weighted by Gasteiger charge is 2.13. The molecule has 0 saturated carbocycles. The summed E-state index contributed by atoms with van der Waals surface area (Å²) in [6, 6.07) is 5.62. The molecule has 1 aromatic rings. The summed E-state index contributed by atoms with van der Waals surface area (Å²) in [5.74, 6) is -0.458. The Bertz CT molecular complexity index is 427. The van der Waals surface area contributed by atoms with Gasteiger partial charge in [-0.15, -0.1) is 0 Å². The molecule has 20 heavy (non-hydrogen) atoms. The van der Waals surface area contributed by atoms with Gasteiger partial charge in [-0.05, 0) is 44.3 Å². The average Bonchev–Trinajstić information content (AvgIpc) is 2.46. The largest absolute Gasteiger partial charge is 0.352 e. The van der Waals surface area contributed by atoms with E-state index in [1.807, 2.05) is 0 Å². The molecule has 1 aliphatic heterocycles. The third-order valence-electron chi connectivity index (χ3n) is 3.64. The molecular weight excluding hydrogens is 257 g/mol. The number of amides is 1. The minimum Gasteiger partial charge on any atom is -0.352 e. The number of hydrogen-bond donors (Lipinski definition) is 1. The minimum absolute atomic E-state index is 0.136. The zero-order valence-electron chi connectivity index (χ0n) is 11.9. The molecule has 1 heterocycles. The Morgan fingerprint density at radius 2 is 1.85 bits per heavy atom. The first-order valence-corrected chi connectivity index (χ1v) is 7.10. The lowest BCUT2D eigenvalue weighted by Gasteiger charge is -2.32. The minimum atomic E-state index is -0.323. The van der Waals surface area contributed by atoms with Crippen molar-refractivity contribution in [2.75, 3.05) is 46.3 Å². The van der Waals surface area contributed by atoms with Crippen LogP contribution in [0.15, 0.2) is 24.3 Å². The maximum absolute atomic E-state index is 12.7. The first-order chi connectivity index (χ1) is 9.65. The van der Waals surface area contributed by atoms with Crippen LogP contribution in [0.5, 0.6) is 0 Å². The van der Waals surface area contributed by atoms with Gasteiger partial charge >= 0.3 is 0 Å². The van der Waals surface area contributed by atoms with Crippen LogP contribution in [0.1, 0.15) is 16.8 Å². The maximum atomic E-state index is 12.7. The zero-order valence-corrected chi connectivity index (χ0v) is 11.9. The smallest absolute Gasteiger partial charge is 0.251 e. The van der Waals surface area contributed by atoms with Gasteiger partial charge in [-0.3, -0.25) is 4.79 Å². The summed E-state index contributed by atoms with van der Waals surface area (Å²) in [5, 5.41) is 2.87. The van der Waals surface area contributed by atoms with Crippen molar-refractivity contribution in [2.45, 2.75) is 6.42 Å². The van der Waals surface area contributed by atoms with Crippen LogP contribution in [-0.4, -0.2) is 62.0 Å². The molecule has 0 spiro atoms. The molecule has 2 rings (SSSR count). The Labute approximate surface area is 119 Å². The monoisotopic (exact) mass is 279 g/mol. The molecule has 0 unspecified atom stereocenters. The summed E-state index contributed by atoms with van der Waals surface area (Å²) >= 11 is 0. The van der Waals surface area contributed by atoms with E-state index in [0.29, 0.717) is 12.1 Å². The van der Waals surface area contributed by atoms with E-state index < -0.39 is 0 Å². The fourth-order valence-electron chi connectivity index (χ4n) is 2.28. The number of halogens is 1. The second-order valence-corrected chi connectivity index (χ2v) is 5.26. The Morgan fingerprint density at radius 1 is 1.20 bits per heavy atom. The lowest BCUT2D eigenvalue weighted by molar-refractivity contribution is 0.0949. The van der Waals surface area contributed by atoms with Crippen molar-refractivity contribution in [2.24, 2.45) is 0 Å². The Hall–Kier alpha value is -1.46. The van der Waals surface area contributed by atoms with Crippen LogP contribution >= 0.6 is 0 Å². The fraction of sp³-hybridized carbons (Fsp3) is 0.533. The van der Waals surface area contributed by atoms with Gasteiger partial charge in [0.1, 0.15) is 5.82 Å². The van der Waals surface area contributed by atoms with Gasteiger partial charge in [-0.1, -0.05) is 0 Å². The predicted octanol–water partition coefficient (Wildman–Crippen LogP) is 1.19. The van der Waals surface area contributed by atoms with Crippen molar-refractivity contribution >= 4 is 5.91 Å². The summed E-state index contributed by atoms with van der Waals surface area (Å²) < 4.78 is 12.7. The molecule has 1 aromatic carbocycles. The number of rotatable bonds is 5. The number of hydrogen-bond acceptors (Lipinski definition) is 3. The van der Waals surface area contributed by atoms with E-state index in [1.165, 1.54) is 24.3 Å². The third kappa shape index (κ3) is 4.58. The number of carbonyl (C=O) groups excluding carboxylic acids is 1. The molecule has 1 fully saturated rings. The van der Waals surface area contributed by atoms with Crippen LogP contribution in [0, 0.1) is 5.82 Å². The van der Waals surface area contributed by atoms with Gasteiger partial charge in [0.25, 0.3) is 5.91 Å². The highest BCUT2D eigenvalue weighted by molar-refractivity contribution is 5.94. The molecule has 110 valence electrons. The molecule has 1 N–H and O–H groups in total. The van der Waals surface area contributed by atoms with E-state index in [4.69, 9.17) is 0 Å². The normalized spacial score (nSPS) is 17.1. The number of piperazine rings is 1. The second kappa shape index (κ2) is 7.36. The van der Waals surface area contributed by atoms with Crippen molar-refractivity contribution in [1.29, 1.82) is 0 Å². The Balaban J connectivity index is 1.63. The van der Waals surface area contributed by atoms with Crippen LogP contribution in [0.25, 0.3) is 0 Å². The van der Waals surface area contributed by atoms with Crippen LogP contribution in [0.2, 0.25) is 0 Å². The summed E-state index contributed by atoms with van der Waals surface area (Å²) in [4.78, 5) is 16.5. The highest BCUT2D eigenvalue weighted by Crippen LogP contribution is 2.03. The number of benzene rings is 1. The first-order valence-electron chi connectivity index (χ1n) is 7.10. The molecule has 1 amide bonds. The molecule has 0 radical (unpaired) electrons. The van der Waals surface area contributed by atoms with Crippen molar-refractivity contribution in [3.8, 4) is 0 Å². The molecule has 0 atom stereocenters. The van der Waals surface area contributed by atoms with Crippen molar-refractivity contribution in [3.63, 3.8) is 0 Å². The molecule has 4 nitrogen and oxygen atoms in total. The van der Waals surface area contributed by atoms with Gasteiger partial charge in [0, 0.05) is 38.3 Å². The van der Waals surface area contributed by atoms with Gasteiger partial charge < -0.3 is 15.1 Å². The van der Waals surface area contributed by atoms with Gasteiger partial charge in [-0.25, -0.2) is 4.39 Å². The number of nitrogens with one attached hydrogen (secondary N) is 1. The second-order valence-electron chi connectivity index (χ2n) is 5.26. The summed E-state index contributed by atoms with van der Waals surface area (Å²) in [7, 11) is 2.14. The summed E-state index contributed by atoms with van der Waals surface area (Å²) in [6.45, 7) is 6.09. The molecule has 1 aliphatic rings. The van der Waals surface area contributed by atoms with E-state index in [9.17, 15) is 9.18 Å². The summed E-state index contributed by atoms with van der Waals surface area (Å²) in [6.07, 6.45) is 0.941. The van der Waals surface area contributed by atoms with E-state index in [2.05, 4.69) is 22.2 Å². The van der Waals surface area contributed by atoms with Gasteiger partial charge in [0.2, 0.25) is 0 Å². The van der Waals surface area contributed by atoms with Gasteiger partial charge in [0.15, 0.2) is 0 Å². The van der Waals surface area contributed by atoms with Crippen molar-refractivity contribution in [3.05, 3.63) is 35.6 Å². The first kappa shape index (κ1) is 14.9. The summed E-state index contributed by atoms with van der Waals surface area (Å²) in [5.41, 5.74) is 0.506. The molecular formula is C15H22FN3O. The zero-order chi connectivity index (χ0) is 14.4. The van der Waals surface area contributed by atoms with Crippen LogP contribution < -0.4 is 5.32 Å². The van der Waals surface area contributed by atoms with E-state index in [0.717, 1.165) is 39.1 Å². The lowest BCUT2D eigenvalue weighted by Crippen LogP contribution is -2.45. The molecule has 1 saturated heterocycles. The van der Waals surface area contributed by atoms with Gasteiger partial charge in [0.05, 0.1) is 0 Å². The SMILES string of the molecule is CN1CCN(CCCNC(=O)c2ccc(F)cc2)CC1. The van der Waals surface area contributed by atoms with Crippen LogP contribution in [0.4, 0.5) is 4.39 Å². The Kier molecular flexibility index (Phi) is 5.49. The van der Waals surface area contributed by atoms with E-state index >= 15 is 0 Å². The quantitative estimate of drug-likeness (QED) is 0.823. The number of nitrogens with zero attached hydrogens (tertiary/aromatic N) is 2.